The fraction of sp³-hybridized carbons (Fsp3) is 0.467. The standard InChI is InChI=1S/C15H22N2O3/c1-5-17(6-2)15(19)14(18)16-11(3)12-7-9-13(20-4)10-8-12/h7-11H,5-6H2,1-4H3,(H,16,18). The van der Waals surface area contributed by atoms with Gasteiger partial charge in [0.2, 0.25) is 0 Å². The van der Waals surface area contributed by atoms with Gasteiger partial charge in [-0.05, 0) is 38.5 Å². The summed E-state index contributed by atoms with van der Waals surface area (Å²) in [6.07, 6.45) is 0. The van der Waals surface area contributed by atoms with Gasteiger partial charge in [0.25, 0.3) is 0 Å². The molecule has 0 fully saturated rings. The molecule has 110 valence electrons. The fourth-order valence-corrected chi connectivity index (χ4v) is 1.89. The van der Waals surface area contributed by atoms with E-state index in [9.17, 15) is 9.59 Å². The van der Waals surface area contributed by atoms with Crippen molar-refractivity contribution >= 4 is 11.8 Å². The van der Waals surface area contributed by atoms with E-state index in [2.05, 4.69) is 5.32 Å². The van der Waals surface area contributed by atoms with Gasteiger partial charge in [-0.3, -0.25) is 9.59 Å². The van der Waals surface area contributed by atoms with Crippen molar-refractivity contribution in [2.45, 2.75) is 26.8 Å². The normalized spacial score (nSPS) is 11.6. The Morgan fingerprint density at radius 3 is 2.20 bits per heavy atom. The zero-order valence-corrected chi connectivity index (χ0v) is 12.5. The van der Waals surface area contributed by atoms with E-state index in [0.29, 0.717) is 13.1 Å². The van der Waals surface area contributed by atoms with Crippen LogP contribution < -0.4 is 10.1 Å². The fourth-order valence-electron chi connectivity index (χ4n) is 1.89. The molecule has 0 aliphatic rings. The molecule has 2 amide bonds. The van der Waals surface area contributed by atoms with Gasteiger partial charge in [-0.25, -0.2) is 0 Å². The van der Waals surface area contributed by atoms with E-state index >= 15 is 0 Å². The van der Waals surface area contributed by atoms with Gasteiger partial charge in [-0.1, -0.05) is 12.1 Å². The first-order valence-corrected chi connectivity index (χ1v) is 6.77. The molecule has 1 aromatic rings. The van der Waals surface area contributed by atoms with Crippen molar-refractivity contribution in [3.05, 3.63) is 29.8 Å². The first-order chi connectivity index (χ1) is 9.53. The maximum absolute atomic E-state index is 11.9. The molecule has 0 saturated carbocycles. The van der Waals surface area contributed by atoms with Crippen molar-refractivity contribution in [2.24, 2.45) is 0 Å². The minimum atomic E-state index is -0.572. The van der Waals surface area contributed by atoms with E-state index < -0.39 is 11.8 Å². The number of hydrogen-bond donors (Lipinski definition) is 1. The van der Waals surface area contributed by atoms with Gasteiger partial charge < -0.3 is 15.0 Å². The van der Waals surface area contributed by atoms with Crippen LogP contribution in [0.5, 0.6) is 5.75 Å². The van der Waals surface area contributed by atoms with Crippen molar-refractivity contribution in [2.75, 3.05) is 20.2 Å². The lowest BCUT2D eigenvalue weighted by Gasteiger charge is -2.20. The molecule has 20 heavy (non-hydrogen) atoms. The molecular formula is C15H22N2O3. The number of nitrogens with one attached hydrogen (secondary N) is 1. The molecule has 1 N–H and O–H groups in total. The summed E-state index contributed by atoms with van der Waals surface area (Å²) in [5.74, 6) is -0.307. The molecule has 1 rings (SSSR count). The van der Waals surface area contributed by atoms with Gasteiger partial charge >= 0.3 is 11.8 Å². The summed E-state index contributed by atoms with van der Waals surface area (Å²) in [7, 11) is 1.60. The summed E-state index contributed by atoms with van der Waals surface area (Å²) in [6, 6.07) is 7.15. The predicted molar refractivity (Wildman–Crippen MR) is 77.5 cm³/mol. The van der Waals surface area contributed by atoms with E-state index in [1.54, 1.807) is 7.11 Å². The van der Waals surface area contributed by atoms with Gasteiger partial charge in [0.15, 0.2) is 0 Å². The number of hydrogen-bond acceptors (Lipinski definition) is 3. The number of carbonyl (C=O) groups is 2. The van der Waals surface area contributed by atoms with Crippen LogP contribution in [0, 0.1) is 0 Å². The summed E-state index contributed by atoms with van der Waals surface area (Å²) >= 11 is 0. The lowest BCUT2D eigenvalue weighted by molar-refractivity contribution is -0.145. The van der Waals surface area contributed by atoms with E-state index in [0.717, 1.165) is 11.3 Å². The summed E-state index contributed by atoms with van der Waals surface area (Å²) in [4.78, 5) is 25.2. The molecule has 0 heterocycles. The number of carbonyl (C=O) groups excluding carboxylic acids is 2. The predicted octanol–water partition coefficient (Wildman–Crippen LogP) is 1.74. The summed E-state index contributed by atoms with van der Waals surface area (Å²) in [6.45, 7) is 6.59. The number of amides is 2. The molecule has 0 bridgehead atoms. The van der Waals surface area contributed by atoms with Gasteiger partial charge in [-0.15, -0.1) is 0 Å². The SMILES string of the molecule is CCN(CC)C(=O)C(=O)NC(C)c1ccc(OC)cc1. The van der Waals surface area contributed by atoms with Crippen LogP contribution >= 0.6 is 0 Å². The quantitative estimate of drug-likeness (QED) is 0.835. The second-order valence-electron chi connectivity index (χ2n) is 4.45. The van der Waals surface area contributed by atoms with Crippen molar-refractivity contribution in [3.63, 3.8) is 0 Å². The average molecular weight is 278 g/mol. The number of nitrogens with zero attached hydrogens (tertiary/aromatic N) is 1. The van der Waals surface area contributed by atoms with Crippen LogP contribution in [0.25, 0.3) is 0 Å². The van der Waals surface area contributed by atoms with E-state index in [1.165, 1.54) is 4.90 Å². The monoisotopic (exact) mass is 278 g/mol. The van der Waals surface area contributed by atoms with Crippen LogP contribution in [0.1, 0.15) is 32.4 Å². The molecule has 0 saturated heterocycles. The Kier molecular flexibility index (Phi) is 6.03. The van der Waals surface area contributed by atoms with Crippen LogP contribution in [0.15, 0.2) is 24.3 Å². The molecule has 0 spiro atoms. The molecule has 0 aliphatic heterocycles. The molecule has 1 aromatic carbocycles. The second-order valence-corrected chi connectivity index (χ2v) is 4.45. The molecule has 1 atom stereocenters. The minimum absolute atomic E-state index is 0.229. The molecule has 0 aliphatic carbocycles. The van der Waals surface area contributed by atoms with Crippen LogP contribution in [0.4, 0.5) is 0 Å². The largest absolute Gasteiger partial charge is 0.497 e. The molecule has 5 nitrogen and oxygen atoms in total. The Hall–Kier alpha value is -2.04. The molecule has 5 heteroatoms. The topological polar surface area (TPSA) is 58.6 Å². The van der Waals surface area contributed by atoms with Crippen molar-refractivity contribution in [1.29, 1.82) is 0 Å². The Bertz CT molecular complexity index is 453. The Labute approximate surface area is 119 Å². The summed E-state index contributed by atoms with van der Waals surface area (Å²) in [5.41, 5.74) is 0.923. The summed E-state index contributed by atoms with van der Waals surface area (Å²) in [5, 5.41) is 2.71. The number of ether oxygens (including phenoxy) is 1. The Morgan fingerprint density at radius 2 is 1.75 bits per heavy atom. The Balaban J connectivity index is 2.66. The van der Waals surface area contributed by atoms with E-state index in [1.807, 2.05) is 45.0 Å². The molecule has 0 aromatic heterocycles. The molecule has 1 unspecified atom stereocenters. The summed E-state index contributed by atoms with van der Waals surface area (Å²) < 4.78 is 5.08. The Morgan fingerprint density at radius 1 is 1.20 bits per heavy atom. The third-order valence-electron chi connectivity index (χ3n) is 3.21. The third-order valence-corrected chi connectivity index (χ3v) is 3.21. The van der Waals surface area contributed by atoms with Crippen molar-refractivity contribution < 1.29 is 14.3 Å². The van der Waals surface area contributed by atoms with Gasteiger partial charge in [0.05, 0.1) is 13.2 Å². The number of likely N-dealkylation sites (N-methyl/N-ethyl adjacent to an activating group) is 1. The molecular weight excluding hydrogens is 256 g/mol. The number of rotatable bonds is 5. The number of methoxy groups -OCH3 is 1. The van der Waals surface area contributed by atoms with E-state index in [-0.39, 0.29) is 6.04 Å². The van der Waals surface area contributed by atoms with Crippen LogP contribution in [-0.4, -0.2) is 36.9 Å². The van der Waals surface area contributed by atoms with Gasteiger partial charge in [0, 0.05) is 13.1 Å². The highest BCUT2D eigenvalue weighted by Crippen LogP contribution is 2.17. The van der Waals surface area contributed by atoms with Crippen LogP contribution in [0.2, 0.25) is 0 Å². The first-order valence-electron chi connectivity index (χ1n) is 6.77. The highest BCUT2D eigenvalue weighted by atomic mass is 16.5. The third kappa shape index (κ3) is 3.98. The average Bonchev–Trinajstić information content (AvgIpc) is 2.48. The van der Waals surface area contributed by atoms with E-state index in [4.69, 9.17) is 4.74 Å². The zero-order chi connectivity index (χ0) is 15.1. The van der Waals surface area contributed by atoms with Gasteiger partial charge in [-0.2, -0.15) is 0 Å². The highest BCUT2D eigenvalue weighted by molar-refractivity contribution is 6.35. The minimum Gasteiger partial charge on any atom is -0.497 e. The highest BCUT2D eigenvalue weighted by Gasteiger charge is 2.21. The number of benzene rings is 1. The molecule has 0 radical (unpaired) electrons. The second kappa shape index (κ2) is 7.53. The maximum atomic E-state index is 11.9. The zero-order valence-electron chi connectivity index (χ0n) is 12.5. The van der Waals surface area contributed by atoms with Crippen molar-refractivity contribution in [1.82, 2.24) is 10.2 Å². The van der Waals surface area contributed by atoms with Crippen LogP contribution in [-0.2, 0) is 9.59 Å². The van der Waals surface area contributed by atoms with Crippen molar-refractivity contribution in [3.8, 4) is 5.75 Å². The lowest BCUT2D eigenvalue weighted by Crippen LogP contribution is -2.43. The maximum Gasteiger partial charge on any atom is 0.311 e. The van der Waals surface area contributed by atoms with Crippen LogP contribution in [0.3, 0.4) is 0 Å². The lowest BCUT2D eigenvalue weighted by atomic mass is 10.1. The van der Waals surface area contributed by atoms with Gasteiger partial charge in [0.1, 0.15) is 5.75 Å². The smallest absolute Gasteiger partial charge is 0.311 e. The first kappa shape index (κ1) is 16.0.